The molecule has 0 N–H and O–H groups in total. The molecule has 0 aliphatic carbocycles. The van der Waals surface area contributed by atoms with Crippen LogP contribution in [-0.4, -0.2) is 22.0 Å². The minimum absolute atomic E-state index is 0.0321. The third-order valence-corrected chi connectivity index (χ3v) is 4.59. The summed E-state index contributed by atoms with van der Waals surface area (Å²) in [5.41, 5.74) is 2.65. The Bertz CT molecular complexity index is 1060. The van der Waals surface area contributed by atoms with Crippen LogP contribution >= 0.6 is 11.6 Å². The maximum Gasteiger partial charge on any atom is 0.306 e. The van der Waals surface area contributed by atoms with Crippen molar-refractivity contribution in [2.45, 2.75) is 33.3 Å². The fourth-order valence-electron chi connectivity index (χ4n) is 2.67. The maximum absolute atomic E-state index is 12.1. The zero-order valence-corrected chi connectivity index (χ0v) is 16.5. The molecule has 0 aliphatic rings. The van der Waals surface area contributed by atoms with E-state index in [2.05, 4.69) is 4.98 Å². The van der Waals surface area contributed by atoms with Gasteiger partial charge in [0.2, 0.25) is 0 Å². The van der Waals surface area contributed by atoms with Crippen molar-refractivity contribution in [1.29, 1.82) is 0 Å². The molecule has 0 spiro atoms. The molecule has 0 radical (unpaired) electrons. The number of halogens is 1. The average molecular weight is 401 g/mol. The number of carbonyl (C=O) groups excluding carboxylic acids is 1. The molecule has 3 aromatic rings. The summed E-state index contributed by atoms with van der Waals surface area (Å²) in [5.74, 6) is 0.355. The van der Waals surface area contributed by atoms with Gasteiger partial charge in [0.25, 0.3) is 5.56 Å². The van der Waals surface area contributed by atoms with Crippen molar-refractivity contribution in [2.24, 2.45) is 0 Å². The van der Waals surface area contributed by atoms with Crippen LogP contribution in [0.3, 0.4) is 0 Å². The Labute approximate surface area is 167 Å². The summed E-state index contributed by atoms with van der Waals surface area (Å²) >= 11 is 5.97. The zero-order valence-electron chi connectivity index (χ0n) is 15.8. The van der Waals surface area contributed by atoms with Crippen LogP contribution in [0, 0.1) is 13.8 Å². The number of carbonyl (C=O) groups is 1. The molecular formula is C21H21ClN2O4. The first-order valence-corrected chi connectivity index (χ1v) is 9.34. The summed E-state index contributed by atoms with van der Waals surface area (Å²) in [6.45, 7) is 4.17. The van der Waals surface area contributed by atoms with E-state index in [0.29, 0.717) is 35.1 Å². The van der Waals surface area contributed by atoms with Crippen molar-refractivity contribution in [1.82, 2.24) is 9.38 Å². The Kier molecular flexibility index (Phi) is 6.31. The van der Waals surface area contributed by atoms with Gasteiger partial charge in [-0.1, -0.05) is 17.7 Å². The van der Waals surface area contributed by atoms with Crippen LogP contribution in [0.1, 0.15) is 29.7 Å². The van der Waals surface area contributed by atoms with Crippen LogP contribution in [0.5, 0.6) is 5.75 Å². The van der Waals surface area contributed by atoms with Crippen molar-refractivity contribution in [3.63, 3.8) is 0 Å². The van der Waals surface area contributed by atoms with E-state index >= 15 is 0 Å². The average Bonchev–Trinajstić information content (AvgIpc) is 2.67. The van der Waals surface area contributed by atoms with E-state index in [-0.39, 0.29) is 24.6 Å². The van der Waals surface area contributed by atoms with E-state index in [4.69, 9.17) is 21.1 Å². The summed E-state index contributed by atoms with van der Waals surface area (Å²) in [5, 5.41) is 0.688. The minimum Gasteiger partial charge on any atom is -0.494 e. The first-order valence-electron chi connectivity index (χ1n) is 8.96. The van der Waals surface area contributed by atoms with Gasteiger partial charge in [0.05, 0.1) is 12.3 Å². The number of benzene rings is 1. The summed E-state index contributed by atoms with van der Waals surface area (Å²) in [6, 6.07) is 10.4. The van der Waals surface area contributed by atoms with Gasteiger partial charge in [-0.2, -0.15) is 0 Å². The largest absolute Gasteiger partial charge is 0.494 e. The highest BCUT2D eigenvalue weighted by Gasteiger charge is 2.07. The number of aromatic nitrogens is 2. The van der Waals surface area contributed by atoms with Crippen LogP contribution in [0.15, 0.2) is 47.4 Å². The number of rotatable bonds is 7. The molecule has 7 heteroatoms. The van der Waals surface area contributed by atoms with Gasteiger partial charge in [-0.05, 0) is 55.7 Å². The fourth-order valence-corrected chi connectivity index (χ4v) is 2.79. The predicted octanol–water partition coefficient (Wildman–Crippen LogP) is 3.87. The molecular weight excluding hydrogens is 380 g/mol. The van der Waals surface area contributed by atoms with Gasteiger partial charge in [-0.25, -0.2) is 4.98 Å². The van der Waals surface area contributed by atoms with E-state index in [1.54, 1.807) is 24.4 Å². The first-order chi connectivity index (χ1) is 13.4. The highest BCUT2D eigenvalue weighted by atomic mass is 35.5. The molecule has 0 bridgehead atoms. The van der Waals surface area contributed by atoms with Crippen LogP contribution in [0.4, 0.5) is 0 Å². The summed E-state index contributed by atoms with van der Waals surface area (Å²) in [4.78, 5) is 28.4. The fraction of sp³-hybridized carbons (Fsp3) is 0.286. The van der Waals surface area contributed by atoms with E-state index in [0.717, 1.165) is 11.1 Å². The standard InChI is InChI=1S/C21H21ClN2O4/c1-14-5-8-19-23-16(11-20(25)24(19)12-14)13-28-21(26)4-3-9-27-17-6-7-18(22)15(2)10-17/h5-8,10-12H,3-4,9,13H2,1-2H3. The topological polar surface area (TPSA) is 69.9 Å². The van der Waals surface area contributed by atoms with Gasteiger partial charge >= 0.3 is 5.97 Å². The lowest BCUT2D eigenvalue weighted by molar-refractivity contribution is -0.145. The lowest BCUT2D eigenvalue weighted by Gasteiger charge is -2.08. The number of hydrogen-bond donors (Lipinski definition) is 0. The SMILES string of the molecule is Cc1ccc2nc(COC(=O)CCCOc3ccc(Cl)c(C)c3)cc(=O)n2c1. The molecule has 0 atom stereocenters. The Balaban J connectivity index is 1.46. The monoisotopic (exact) mass is 400 g/mol. The van der Waals surface area contributed by atoms with E-state index < -0.39 is 0 Å². The lowest BCUT2D eigenvalue weighted by Crippen LogP contribution is -2.17. The molecule has 2 aromatic heterocycles. The highest BCUT2D eigenvalue weighted by Crippen LogP contribution is 2.21. The Morgan fingerprint density at radius 1 is 1.18 bits per heavy atom. The molecule has 146 valence electrons. The van der Waals surface area contributed by atoms with Crippen molar-refractivity contribution in [3.8, 4) is 5.75 Å². The lowest BCUT2D eigenvalue weighted by atomic mass is 10.2. The number of fused-ring (bicyclic) bond motifs is 1. The Hall–Kier alpha value is -2.86. The van der Waals surface area contributed by atoms with Crippen LogP contribution in [-0.2, 0) is 16.1 Å². The van der Waals surface area contributed by atoms with Crippen molar-refractivity contribution in [3.05, 3.63) is 74.8 Å². The number of nitrogens with zero attached hydrogens (tertiary/aromatic N) is 2. The van der Waals surface area contributed by atoms with Gasteiger partial charge in [-0.3, -0.25) is 14.0 Å². The summed E-state index contributed by atoms with van der Waals surface area (Å²) < 4.78 is 12.3. The third kappa shape index (κ3) is 5.10. The molecule has 0 aliphatic heterocycles. The summed E-state index contributed by atoms with van der Waals surface area (Å²) in [6.07, 6.45) is 2.47. The van der Waals surface area contributed by atoms with Gasteiger partial charge < -0.3 is 9.47 Å². The molecule has 6 nitrogen and oxygen atoms in total. The molecule has 1 aromatic carbocycles. The van der Waals surface area contributed by atoms with E-state index in [1.165, 1.54) is 10.5 Å². The quantitative estimate of drug-likeness (QED) is 0.445. The molecule has 0 amide bonds. The van der Waals surface area contributed by atoms with Crippen molar-refractivity contribution >= 4 is 23.2 Å². The summed E-state index contributed by atoms with van der Waals surface area (Å²) in [7, 11) is 0. The van der Waals surface area contributed by atoms with Gasteiger partial charge in [0.1, 0.15) is 18.0 Å². The molecule has 3 rings (SSSR count). The molecule has 0 saturated heterocycles. The number of esters is 1. The van der Waals surface area contributed by atoms with Crippen LogP contribution < -0.4 is 10.3 Å². The van der Waals surface area contributed by atoms with Crippen molar-refractivity contribution < 1.29 is 14.3 Å². The molecule has 0 saturated carbocycles. The number of aryl methyl sites for hydroxylation is 2. The minimum atomic E-state index is -0.359. The van der Waals surface area contributed by atoms with Crippen molar-refractivity contribution in [2.75, 3.05) is 6.61 Å². The zero-order chi connectivity index (χ0) is 20.1. The predicted molar refractivity (Wildman–Crippen MR) is 107 cm³/mol. The number of pyridine rings is 1. The van der Waals surface area contributed by atoms with Crippen LogP contribution in [0.2, 0.25) is 5.02 Å². The normalized spacial score (nSPS) is 10.8. The molecule has 2 heterocycles. The smallest absolute Gasteiger partial charge is 0.306 e. The van der Waals surface area contributed by atoms with E-state index in [1.807, 2.05) is 26.0 Å². The number of ether oxygens (including phenoxy) is 2. The van der Waals surface area contributed by atoms with Gasteiger partial charge in [-0.15, -0.1) is 0 Å². The molecule has 0 unspecified atom stereocenters. The van der Waals surface area contributed by atoms with Gasteiger partial charge in [0.15, 0.2) is 0 Å². The second-order valence-electron chi connectivity index (χ2n) is 6.54. The number of hydrogen-bond acceptors (Lipinski definition) is 5. The second-order valence-corrected chi connectivity index (χ2v) is 6.95. The Morgan fingerprint density at radius 2 is 2.00 bits per heavy atom. The van der Waals surface area contributed by atoms with E-state index in [9.17, 15) is 9.59 Å². The molecule has 0 fully saturated rings. The molecule has 28 heavy (non-hydrogen) atoms. The third-order valence-electron chi connectivity index (χ3n) is 4.16. The van der Waals surface area contributed by atoms with Crippen LogP contribution in [0.25, 0.3) is 5.65 Å². The highest BCUT2D eigenvalue weighted by molar-refractivity contribution is 6.31. The van der Waals surface area contributed by atoms with Gasteiger partial charge in [0, 0.05) is 23.7 Å². The first kappa shape index (κ1) is 19.9. The second kappa shape index (κ2) is 8.89. The Morgan fingerprint density at radius 3 is 2.79 bits per heavy atom. The maximum atomic E-state index is 12.1.